The van der Waals surface area contributed by atoms with E-state index in [0.717, 1.165) is 29.8 Å². The molecule has 2 rings (SSSR count). The van der Waals surface area contributed by atoms with E-state index in [-0.39, 0.29) is 5.56 Å². The van der Waals surface area contributed by atoms with Gasteiger partial charge in [0, 0.05) is 18.0 Å². The highest BCUT2D eigenvalue weighted by Crippen LogP contribution is 2.14. The molecule has 0 aliphatic rings. The fourth-order valence-corrected chi connectivity index (χ4v) is 2.34. The number of rotatable bonds is 7. The van der Waals surface area contributed by atoms with Crippen LogP contribution < -0.4 is 10.3 Å². The maximum absolute atomic E-state index is 12.2. The average molecular weight is 285 g/mol. The number of unbranched alkanes of at least 4 members (excludes halogenated alkanes) is 2. The van der Waals surface area contributed by atoms with Crippen LogP contribution in [0.2, 0.25) is 0 Å². The molecule has 0 spiro atoms. The van der Waals surface area contributed by atoms with Crippen molar-refractivity contribution in [1.29, 1.82) is 0 Å². The summed E-state index contributed by atoms with van der Waals surface area (Å²) in [6.07, 6.45) is 6.39. The first kappa shape index (κ1) is 15.4. The molecule has 112 valence electrons. The number of aromatic nitrogens is 1. The van der Waals surface area contributed by atoms with Gasteiger partial charge in [-0.15, -0.1) is 0 Å². The summed E-state index contributed by atoms with van der Waals surface area (Å²) in [5, 5.41) is 0. The lowest BCUT2D eigenvalue weighted by Gasteiger charge is -2.08. The van der Waals surface area contributed by atoms with E-state index in [9.17, 15) is 4.79 Å². The zero-order valence-corrected chi connectivity index (χ0v) is 12.8. The summed E-state index contributed by atoms with van der Waals surface area (Å²) in [6.45, 7) is 4.78. The first-order chi connectivity index (χ1) is 10.2. The number of ether oxygens (including phenoxy) is 1. The summed E-state index contributed by atoms with van der Waals surface area (Å²) < 4.78 is 7.08. The Labute approximate surface area is 126 Å². The van der Waals surface area contributed by atoms with Crippen molar-refractivity contribution >= 4 is 0 Å². The van der Waals surface area contributed by atoms with Gasteiger partial charge < -0.3 is 4.74 Å². The van der Waals surface area contributed by atoms with Crippen LogP contribution >= 0.6 is 0 Å². The highest BCUT2D eigenvalue weighted by molar-refractivity contribution is 5.38. The molecule has 0 atom stereocenters. The van der Waals surface area contributed by atoms with Crippen LogP contribution in [0.3, 0.4) is 0 Å². The molecule has 0 aliphatic heterocycles. The second-order valence-corrected chi connectivity index (χ2v) is 5.13. The van der Waals surface area contributed by atoms with Gasteiger partial charge in [-0.2, -0.15) is 0 Å². The van der Waals surface area contributed by atoms with Gasteiger partial charge in [0.25, 0.3) is 5.56 Å². The SMILES string of the molecule is CCCCCc1ccn(-c2ccc(OCC)cc2)c(=O)c1. The minimum atomic E-state index is 0.0214. The summed E-state index contributed by atoms with van der Waals surface area (Å²) >= 11 is 0. The van der Waals surface area contributed by atoms with Crippen molar-refractivity contribution in [3.8, 4) is 11.4 Å². The number of nitrogens with zero attached hydrogens (tertiary/aromatic N) is 1. The van der Waals surface area contributed by atoms with Crippen molar-refractivity contribution in [3.63, 3.8) is 0 Å². The predicted octanol–water partition coefficient (Wildman–Crippen LogP) is 3.97. The van der Waals surface area contributed by atoms with E-state index >= 15 is 0 Å². The molecular formula is C18H23NO2. The van der Waals surface area contributed by atoms with E-state index in [1.165, 1.54) is 12.8 Å². The molecule has 0 radical (unpaired) electrons. The van der Waals surface area contributed by atoms with E-state index in [2.05, 4.69) is 6.92 Å². The summed E-state index contributed by atoms with van der Waals surface area (Å²) in [6, 6.07) is 11.4. The molecule has 0 amide bonds. The van der Waals surface area contributed by atoms with Gasteiger partial charge in [-0.3, -0.25) is 9.36 Å². The zero-order chi connectivity index (χ0) is 15.1. The fourth-order valence-electron chi connectivity index (χ4n) is 2.34. The van der Waals surface area contributed by atoms with Crippen molar-refractivity contribution in [1.82, 2.24) is 4.57 Å². The minimum absolute atomic E-state index is 0.0214. The third-order valence-corrected chi connectivity index (χ3v) is 3.48. The van der Waals surface area contributed by atoms with Crippen molar-refractivity contribution in [3.05, 3.63) is 58.5 Å². The van der Waals surface area contributed by atoms with Crippen LogP contribution in [0.25, 0.3) is 5.69 Å². The fraction of sp³-hybridized carbons (Fsp3) is 0.389. The van der Waals surface area contributed by atoms with Crippen molar-refractivity contribution in [2.24, 2.45) is 0 Å². The summed E-state index contributed by atoms with van der Waals surface area (Å²) in [5.74, 6) is 0.825. The Bertz CT molecular complexity index is 614. The Morgan fingerprint density at radius 2 is 1.81 bits per heavy atom. The maximum atomic E-state index is 12.2. The van der Waals surface area contributed by atoms with Gasteiger partial charge in [0.05, 0.1) is 6.61 Å². The molecule has 0 N–H and O–H groups in total. The predicted molar refractivity (Wildman–Crippen MR) is 86.4 cm³/mol. The molecule has 0 unspecified atom stereocenters. The minimum Gasteiger partial charge on any atom is -0.494 e. The van der Waals surface area contributed by atoms with Crippen LogP contribution in [0.4, 0.5) is 0 Å². The summed E-state index contributed by atoms with van der Waals surface area (Å²) in [4.78, 5) is 12.2. The molecule has 1 aromatic carbocycles. The number of hydrogen-bond acceptors (Lipinski definition) is 2. The molecule has 2 aromatic rings. The van der Waals surface area contributed by atoms with E-state index < -0.39 is 0 Å². The molecular weight excluding hydrogens is 262 g/mol. The Hall–Kier alpha value is -2.03. The van der Waals surface area contributed by atoms with Gasteiger partial charge in [0.2, 0.25) is 0 Å². The normalized spacial score (nSPS) is 10.6. The zero-order valence-electron chi connectivity index (χ0n) is 12.8. The van der Waals surface area contributed by atoms with Crippen molar-refractivity contribution in [2.45, 2.75) is 39.5 Å². The standard InChI is InChI=1S/C18H23NO2/c1-3-5-6-7-15-12-13-19(18(20)14-15)16-8-10-17(11-9-16)21-4-2/h8-14H,3-7H2,1-2H3. The third-order valence-electron chi connectivity index (χ3n) is 3.48. The van der Waals surface area contributed by atoms with Crippen LogP contribution in [-0.2, 0) is 6.42 Å². The van der Waals surface area contributed by atoms with Gasteiger partial charge in [0.1, 0.15) is 5.75 Å². The molecule has 0 aliphatic carbocycles. The Kier molecular flexibility index (Phi) is 5.61. The third kappa shape index (κ3) is 4.22. The second-order valence-electron chi connectivity index (χ2n) is 5.13. The number of hydrogen-bond donors (Lipinski definition) is 0. The summed E-state index contributed by atoms with van der Waals surface area (Å²) in [7, 11) is 0. The van der Waals surface area contributed by atoms with Gasteiger partial charge in [-0.25, -0.2) is 0 Å². The molecule has 0 saturated heterocycles. The number of aryl methyl sites for hydroxylation is 1. The van der Waals surface area contributed by atoms with Crippen molar-refractivity contribution in [2.75, 3.05) is 6.61 Å². The Morgan fingerprint density at radius 3 is 2.43 bits per heavy atom. The van der Waals surface area contributed by atoms with Gasteiger partial charge in [-0.1, -0.05) is 19.8 Å². The van der Waals surface area contributed by atoms with E-state index in [1.54, 1.807) is 10.6 Å². The molecule has 3 nitrogen and oxygen atoms in total. The molecule has 1 aromatic heterocycles. The molecule has 0 fully saturated rings. The highest BCUT2D eigenvalue weighted by Gasteiger charge is 2.02. The monoisotopic (exact) mass is 285 g/mol. The average Bonchev–Trinajstić information content (AvgIpc) is 2.49. The van der Waals surface area contributed by atoms with E-state index in [0.29, 0.717) is 6.61 Å². The Morgan fingerprint density at radius 1 is 1.05 bits per heavy atom. The van der Waals surface area contributed by atoms with Gasteiger partial charge in [-0.05, 0) is 55.7 Å². The lowest BCUT2D eigenvalue weighted by molar-refractivity contribution is 0.340. The van der Waals surface area contributed by atoms with Gasteiger partial charge in [0.15, 0.2) is 0 Å². The van der Waals surface area contributed by atoms with Crippen LogP contribution in [0.5, 0.6) is 5.75 Å². The molecule has 0 saturated carbocycles. The molecule has 1 heterocycles. The van der Waals surface area contributed by atoms with Crippen LogP contribution in [0.15, 0.2) is 47.4 Å². The van der Waals surface area contributed by atoms with E-state index in [4.69, 9.17) is 4.74 Å². The highest BCUT2D eigenvalue weighted by atomic mass is 16.5. The van der Waals surface area contributed by atoms with E-state index in [1.807, 2.05) is 43.5 Å². The number of pyridine rings is 1. The molecule has 21 heavy (non-hydrogen) atoms. The quantitative estimate of drug-likeness (QED) is 0.721. The van der Waals surface area contributed by atoms with Crippen LogP contribution in [-0.4, -0.2) is 11.2 Å². The lowest BCUT2D eigenvalue weighted by Crippen LogP contribution is -2.17. The van der Waals surface area contributed by atoms with Crippen LogP contribution in [0.1, 0.15) is 38.7 Å². The smallest absolute Gasteiger partial charge is 0.255 e. The summed E-state index contributed by atoms with van der Waals surface area (Å²) in [5.41, 5.74) is 2.01. The number of benzene rings is 1. The van der Waals surface area contributed by atoms with Crippen molar-refractivity contribution < 1.29 is 4.74 Å². The molecule has 3 heteroatoms. The second kappa shape index (κ2) is 7.67. The van der Waals surface area contributed by atoms with Crippen LogP contribution in [0, 0.1) is 0 Å². The largest absolute Gasteiger partial charge is 0.494 e. The topological polar surface area (TPSA) is 31.2 Å². The Balaban J connectivity index is 2.14. The van der Waals surface area contributed by atoms with Gasteiger partial charge >= 0.3 is 0 Å². The lowest BCUT2D eigenvalue weighted by atomic mass is 10.1. The first-order valence-electron chi connectivity index (χ1n) is 7.69. The molecule has 0 bridgehead atoms. The maximum Gasteiger partial charge on any atom is 0.255 e. The first-order valence-corrected chi connectivity index (χ1v) is 7.69.